The van der Waals surface area contributed by atoms with Gasteiger partial charge in [0, 0.05) is 32.7 Å². The van der Waals surface area contributed by atoms with Crippen molar-refractivity contribution in [2.75, 3.05) is 26.2 Å². The first-order valence-electron chi connectivity index (χ1n) is 8.27. The van der Waals surface area contributed by atoms with E-state index < -0.39 is 5.97 Å². The minimum Gasteiger partial charge on any atom is -0.478 e. The fourth-order valence-corrected chi connectivity index (χ4v) is 3.39. The van der Waals surface area contributed by atoms with E-state index in [1.165, 1.54) is 5.56 Å². The Morgan fingerprint density at radius 2 is 1.56 bits per heavy atom. The Morgan fingerprint density at radius 3 is 2.20 bits per heavy atom. The summed E-state index contributed by atoms with van der Waals surface area (Å²) in [5.74, 6) is -1.38. The molecule has 3 aromatic rings. The summed E-state index contributed by atoms with van der Waals surface area (Å²) in [5, 5.41) is 9.37. The average molecular weight is 338 g/mol. The summed E-state index contributed by atoms with van der Waals surface area (Å²) in [5.41, 5.74) is 2.02. The first kappa shape index (κ1) is 15.7. The summed E-state index contributed by atoms with van der Waals surface area (Å²) in [4.78, 5) is 28.3. The van der Waals surface area contributed by atoms with Gasteiger partial charge in [0.1, 0.15) is 22.3 Å². The Balaban J connectivity index is 1.45. The Kier molecular flexibility index (Phi) is 3.89. The molecule has 1 aromatic carbocycles. The van der Waals surface area contributed by atoms with E-state index in [0.29, 0.717) is 18.7 Å². The molecular formula is C19H18N2O4. The zero-order valence-corrected chi connectivity index (χ0v) is 13.6. The largest absolute Gasteiger partial charge is 0.478 e. The molecule has 25 heavy (non-hydrogen) atoms. The second-order valence-electron chi connectivity index (χ2n) is 6.27. The molecule has 3 heterocycles. The molecule has 1 fully saturated rings. The monoisotopic (exact) mass is 338 g/mol. The van der Waals surface area contributed by atoms with Crippen molar-refractivity contribution >= 4 is 23.0 Å². The topological polar surface area (TPSA) is 74.0 Å². The lowest BCUT2D eigenvalue weighted by molar-refractivity contribution is 0.0612. The highest BCUT2D eigenvalue weighted by Crippen LogP contribution is 2.30. The normalized spacial score (nSPS) is 15.8. The molecule has 2 aromatic heterocycles. The number of carboxylic acids is 1. The number of furan rings is 2. The minimum atomic E-state index is -1.12. The Bertz CT molecular complexity index is 895. The number of carboxylic acid groups (broad SMARTS) is 1. The van der Waals surface area contributed by atoms with Crippen LogP contribution in [0.5, 0.6) is 0 Å². The van der Waals surface area contributed by atoms with Crippen LogP contribution in [0.15, 0.2) is 46.9 Å². The molecule has 6 heteroatoms. The molecule has 0 unspecified atom stereocenters. The van der Waals surface area contributed by atoms with Gasteiger partial charge < -0.3 is 14.4 Å². The molecular weight excluding hydrogens is 320 g/mol. The molecule has 1 aliphatic heterocycles. The van der Waals surface area contributed by atoms with Crippen molar-refractivity contribution in [2.45, 2.75) is 6.54 Å². The molecule has 0 aliphatic carbocycles. The van der Waals surface area contributed by atoms with Crippen LogP contribution < -0.4 is 0 Å². The lowest BCUT2D eigenvalue weighted by Crippen LogP contribution is -2.48. The van der Waals surface area contributed by atoms with Gasteiger partial charge >= 0.3 is 5.97 Å². The third-order valence-electron chi connectivity index (χ3n) is 4.69. The van der Waals surface area contributed by atoms with Crippen molar-refractivity contribution in [3.8, 4) is 0 Å². The van der Waals surface area contributed by atoms with Crippen molar-refractivity contribution in [2.24, 2.45) is 0 Å². The lowest BCUT2D eigenvalue weighted by Gasteiger charge is -2.34. The third kappa shape index (κ3) is 2.85. The van der Waals surface area contributed by atoms with Crippen LogP contribution in [0.25, 0.3) is 11.2 Å². The van der Waals surface area contributed by atoms with Gasteiger partial charge in [0.15, 0.2) is 0 Å². The summed E-state index contributed by atoms with van der Waals surface area (Å²) in [6, 6.07) is 13.5. The number of hydrogen-bond acceptors (Lipinski definition) is 4. The van der Waals surface area contributed by atoms with Gasteiger partial charge in [0.25, 0.3) is 5.91 Å². The van der Waals surface area contributed by atoms with Crippen molar-refractivity contribution in [1.82, 2.24) is 9.80 Å². The number of rotatable bonds is 4. The number of nitrogens with zero attached hydrogens (tertiary/aromatic N) is 2. The number of carbonyl (C=O) groups is 2. The molecule has 0 atom stereocenters. The van der Waals surface area contributed by atoms with Crippen molar-refractivity contribution < 1.29 is 19.1 Å². The van der Waals surface area contributed by atoms with Crippen molar-refractivity contribution in [1.29, 1.82) is 0 Å². The summed E-state index contributed by atoms with van der Waals surface area (Å²) >= 11 is 0. The second kappa shape index (κ2) is 6.22. The average Bonchev–Trinajstić information content (AvgIpc) is 3.24. The van der Waals surface area contributed by atoms with E-state index in [1.807, 2.05) is 18.2 Å². The van der Waals surface area contributed by atoms with Crippen LogP contribution in [0.1, 0.15) is 26.3 Å². The summed E-state index contributed by atoms with van der Waals surface area (Å²) in [7, 11) is 0. The number of fused-ring (bicyclic) bond motifs is 2. The smallest absolute Gasteiger partial charge is 0.340 e. The summed E-state index contributed by atoms with van der Waals surface area (Å²) < 4.78 is 5.38. The van der Waals surface area contributed by atoms with Crippen LogP contribution in [0, 0.1) is 0 Å². The van der Waals surface area contributed by atoms with E-state index in [2.05, 4.69) is 17.0 Å². The molecule has 0 spiro atoms. The molecule has 6 nitrogen and oxygen atoms in total. The molecule has 1 N–H and O–H groups in total. The van der Waals surface area contributed by atoms with Gasteiger partial charge in [-0.05, 0) is 17.7 Å². The molecule has 1 aliphatic rings. The fraction of sp³-hybridized carbons (Fsp3) is 0.263. The van der Waals surface area contributed by atoms with E-state index in [9.17, 15) is 14.7 Å². The van der Waals surface area contributed by atoms with E-state index in [1.54, 1.807) is 17.0 Å². The van der Waals surface area contributed by atoms with Crippen molar-refractivity contribution in [3.63, 3.8) is 0 Å². The van der Waals surface area contributed by atoms with Gasteiger partial charge in [-0.2, -0.15) is 0 Å². The van der Waals surface area contributed by atoms with Crippen LogP contribution in [0.4, 0.5) is 0 Å². The van der Waals surface area contributed by atoms with E-state index in [0.717, 1.165) is 19.6 Å². The molecule has 0 radical (unpaired) electrons. The molecule has 1 saturated heterocycles. The van der Waals surface area contributed by atoms with E-state index in [4.69, 9.17) is 4.42 Å². The Hall–Kier alpha value is -2.86. The number of hydrogen-bond donors (Lipinski definition) is 1. The Labute approximate surface area is 144 Å². The van der Waals surface area contributed by atoms with Gasteiger partial charge in [-0.3, -0.25) is 9.69 Å². The maximum Gasteiger partial charge on any atom is 0.340 e. The predicted octanol–water partition coefficient (Wildman–Crippen LogP) is 2.53. The first-order chi connectivity index (χ1) is 12.1. The minimum absolute atomic E-state index is 0.0192. The standard InChI is InChI=1S/C19H18N2O4/c22-18(16-14-6-7-15(25-14)17(16)19(23)24)21-10-8-20(9-11-21)12-13-4-2-1-3-5-13/h1-7H,8-12H2,(H,23,24). The van der Waals surface area contributed by atoms with Gasteiger partial charge in [-0.25, -0.2) is 4.79 Å². The highest BCUT2D eigenvalue weighted by molar-refractivity contribution is 6.14. The zero-order valence-electron chi connectivity index (χ0n) is 13.6. The highest BCUT2D eigenvalue weighted by Gasteiger charge is 2.31. The molecule has 4 rings (SSSR count). The SMILES string of the molecule is O=C(O)c1c(C(=O)N2CCN(Cc3ccccc3)CC2)c2ccc1o2. The second-order valence-corrected chi connectivity index (χ2v) is 6.27. The van der Waals surface area contributed by atoms with Gasteiger partial charge in [-0.1, -0.05) is 30.3 Å². The van der Waals surface area contributed by atoms with Gasteiger partial charge in [0.2, 0.25) is 0 Å². The molecule has 0 saturated carbocycles. The van der Waals surface area contributed by atoms with E-state index >= 15 is 0 Å². The van der Waals surface area contributed by atoms with Gasteiger partial charge in [-0.15, -0.1) is 0 Å². The zero-order chi connectivity index (χ0) is 17.4. The highest BCUT2D eigenvalue weighted by atomic mass is 16.4. The van der Waals surface area contributed by atoms with Gasteiger partial charge in [0.05, 0.1) is 0 Å². The summed E-state index contributed by atoms with van der Waals surface area (Å²) in [6.07, 6.45) is 0. The quantitative estimate of drug-likeness (QED) is 0.791. The lowest BCUT2D eigenvalue weighted by atomic mass is 10.1. The fourth-order valence-electron chi connectivity index (χ4n) is 3.39. The number of piperazine rings is 1. The number of amides is 1. The molecule has 128 valence electrons. The van der Waals surface area contributed by atoms with Crippen LogP contribution in [0.2, 0.25) is 0 Å². The van der Waals surface area contributed by atoms with E-state index in [-0.39, 0.29) is 22.6 Å². The maximum atomic E-state index is 12.8. The molecule has 1 amide bonds. The summed E-state index contributed by atoms with van der Waals surface area (Å²) in [6.45, 7) is 3.54. The van der Waals surface area contributed by atoms with Crippen LogP contribution in [-0.2, 0) is 6.54 Å². The maximum absolute atomic E-state index is 12.8. The number of benzene rings is 2. The third-order valence-corrected chi connectivity index (χ3v) is 4.69. The Morgan fingerprint density at radius 1 is 0.920 bits per heavy atom. The number of carbonyl (C=O) groups excluding carboxylic acids is 1. The predicted molar refractivity (Wildman–Crippen MR) is 92.0 cm³/mol. The van der Waals surface area contributed by atoms with Crippen molar-refractivity contribution in [3.05, 3.63) is 59.2 Å². The molecule has 2 bridgehead atoms. The van der Waals surface area contributed by atoms with Crippen LogP contribution >= 0.6 is 0 Å². The van der Waals surface area contributed by atoms with Crippen LogP contribution in [-0.4, -0.2) is 53.0 Å². The number of aromatic carboxylic acids is 1. The van der Waals surface area contributed by atoms with Crippen LogP contribution in [0.3, 0.4) is 0 Å². The first-order valence-corrected chi connectivity index (χ1v) is 8.27.